The van der Waals surface area contributed by atoms with Crippen LogP contribution in [0.2, 0.25) is 0 Å². The van der Waals surface area contributed by atoms with Gasteiger partial charge in [-0.1, -0.05) is 29.5 Å². The van der Waals surface area contributed by atoms with E-state index < -0.39 is 0 Å². The third kappa shape index (κ3) is 2.60. The maximum atomic E-state index is 9.99. The Morgan fingerprint density at radius 3 is 2.77 bits per heavy atom. The summed E-state index contributed by atoms with van der Waals surface area (Å²) in [5, 5.41) is 18.3. The van der Waals surface area contributed by atoms with Gasteiger partial charge in [0.1, 0.15) is 0 Å². The van der Waals surface area contributed by atoms with Crippen molar-refractivity contribution >= 4 is 27.8 Å². The second-order valence-corrected chi connectivity index (χ2v) is 5.66. The van der Waals surface area contributed by atoms with E-state index in [0.717, 1.165) is 15.0 Å². The molecule has 1 heterocycles. The number of nitrogens with zero attached hydrogens (tertiary/aromatic N) is 3. The van der Waals surface area contributed by atoms with Crippen molar-refractivity contribution in [2.45, 2.75) is 0 Å². The summed E-state index contributed by atoms with van der Waals surface area (Å²) in [5.41, 5.74) is 1.68. The largest absolute Gasteiger partial charge is 0.504 e. The van der Waals surface area contributed by atoms with Crippen molar-refractivity contribution in [1.29, 1.82) is 0 Å². The molecule has 0 aliphatic rings. The zero-order valence-corrected chi connectivity index (χ0v) is 13.0. The molecule has 112 valence electrons. The molecule has 3 aromatic rings. The molecule has 1 N–H and O–H groups in total. The van der Waals surface area contributed by atoms with E-state index in [9.17, 15) is 5.11 Å². The molecule has 0 bridgehead atoms. The Kier molecular flexibility index (Phi) is 3.93. The van der Waals surface area contributed by atoms with Crippen LogP contribution in [0.3, 0.4) is 0 Å². The van der Waals surface area contributed by atoms with E-state index in [2.05, 4.69) is 16.3 Å². The number of phenols is 1. The quantitative estimate of drug-likeness (QED) is 0.597. The number of fused-ring (bicyclic) bond motifs is 1. The smallest absolute Gasteiger partial charge is 0.211 e. The minimum Gasteiger partial charge on any atom is -0.504 e. The highest BCUT2D eigenvalue weighted by Crippen LogP contribution is 2.27. The van der Waals surface area contributed by atoms with Crippen LogP contribution in [0.5, 0.6) is 11.5 Å². The molecule has 0 aliphatic heterocycles. The first-order chi connectivity index (χ1) is 10.7. The summed E-state index contributed by atoms with van der Waals surface area (Å²) in [5.74, 6) is 0.473. The first-order valence-corrected chi connectivity index (χ1v) is 7.50. The summed E-state index contributed by atoms with van der Waals surface area (Å²) in [6, 6.07) is 13.3. The zero-order chi connectivity index (χ0) is 15.5. The Morgan fingerprint density at radius 1 is 1.18 bits per heavy atom. The Bertz CT molecular complexity index is 909. The van der Waals surface area contributed by atoms with E-state index >= 15 is 0 Å². The number of hydrogen-bond acceptors (Lipinski definition) is 5. The van der Waals surface area contributed by atoms with Crippen LogP contribution in [0, 0.1) is 0 Å². The van der Waals surface area contributed by atoms with E-state index in [1.807, 2.05) is 29.8 Å². The molecule has 22 heavy (non-hydrogen) atoms. The summed E-state index contributed by atoms with van der Waals surface area (Å²) < 4.78 is 8.21. The van der Waals surface area contributed by atoms with E-state index in [1.165, 1.54) is 13.3 Å². The number of rotatable bonds is 3. The number of benzene rings is 2. The topological polar surface area (TPSA) is 59.1 Å². The monoisotopic (exact) mass is 313 g/mol. The van der Waals surface area contributed by atoms with Crippen LogP contribution in [0.1, 0.15) is 5.56 Å². The lowest BCUT2D eigenvalue weighted by atomic mass is 10.2. The molecule has 0 radical (unpaired) electrons. The minimum atomic E-state index is 0.0599. The molecule has 6 heteroatoms. The fourth-order valence-corrected chi connectivity index (χ4v) is 3.10. The highest BCUT2D eigenvalue weighted by Gasteiger charge is 2.04. The summed E-state index contributed by atoms with van der Waals surface area (Å²) in [4.78, 5) is 0.792. The van der Waals surface area contributed by atoms with Crippen molar-refractivity contribution in [3.05, 3.63) is 52.8 Å². The van der Waals surface area contributed by atoms with Crippen molar-refractivity contribution in [2.75, 3.05) is 7.11 Å². The molecule has 0 atom stereocenters. The number of methoxy groups -OCH3 is 1. The van der Waals surface area contributed by atoms with Crippen molar-refractivity contribution < 1.29 is 9.84 Å². The van der Waals surface area contributed by atoms with Crippen LogP contribution in [0.4, 0.5) is 0 Å². The van der Waals surface area contributed by atoms with Gasteiger partial charge in [-0.2, -0.15) is 5.10 Å². The molecule has 5 nitrogen and oxygen atoms in total. The van der Waals surface area contributed by atoms with Gasteiger partial charge in [0.05, 0.1) is 23.5 Å². The molecule has 0 amide bonds. The van der Waals surface area contributed by atoms with Gasteiger partial charge in [0.25, 0.3) is 0 Å². The second-order valence-electron chi connectivity index (χ2n) is 4.65. The van der Waals surface area contributed by atoms with Crippen LogP contribution in [-0.4, -0.2) is 23.0 Å². The normalized spacial score (nSPS) is 12.4. The Morgan fingerprint density at radius 2 is 2.00 bits per heavy atom. The number of thiazole rings is 1. The third-order valence-electron chi connectivity index (χ3n) is 3.31. The number of ether oxygens (including phenoxy) is 1. The predicted molar refractivity (Wildman–Crippen MR) is 88.6 cm³/mol. The van der Waals surface area contributed by atoms with Crippen molar-refractivity contribution in [3.63, 3.8) is 0 Å². The van der Waals surface area contributed by atoms with Gasteiger partial charge in [-0.25, -0.2) is 0 Å². The lowest BCUT2D eigenvalue weighted by molar-refractivity contribution is 0.373. The second kappa shape index (κ2) is 6.03. The molecule has 0 unspecified atom stereocenters. The summed E-state index contributed by atoms with van der Waals surface area (Å²) in [7, 11) is 3.47. The average molecular weight is 313 g/mol. The van der Waals surface area contributed by atoms with Crippen LogP contribution in [0.15, 0.2) is 52.7 Å². The summed E-state index contributed by atoms with van der Waals surface area (Å²) in [6.07, 6.45) is 1.52. The van der Waals surface area contributed by atoms with Gasteiger partial charge >= 0.3 is 0 Å². The number of aryl methyl sites for hydroxylation is 1. The Labute approximate surface area is 131 Å². The van der Waals surface area contributed by atoms with Crippen LogP contribution < -0.4 is 9.54 Å². The molecule has 0 fully saturated rings. The highest BCUT2D eigenvalue weighted by atomic mass is 32.1. The lowest BCUT2D eigenvalue weighted by Gasteiger charge is -2.04. The fraction of sp³-hybridized carbons (Fsp3) is 0.125. The maximum absolute atomic E-state index is 9.99. The summed E-state index contributed by atoms with van der Waals surface area (Å²) in [6.45, 7) is 0. The molecule has 0 aliphatic carbocycles. The Balaban J connectivity index is 1.97. The number of para-hydroxylation sites is 2. The van der Waals surface area contributed by atoms with E-state index in [0.29, 0.717) is 11.3 Å². The predicted octanol–water partition coefficient (Wildman–Crippen LogP) is 2.89. The molecule has 0 spiro atoms. The first-order valence-electron chi connectivity index (χ1n) is 6.68. The van der Waals surface area contributed by atoms with Crippen molar-refractivity contribution in [2.24, 2.45) is 17.3 Å². The minimum absolute atomic E-state index is 0.0599. The number of aromatic hydroxyl groups is 1. The lowest BCUT2D eigenvalue weighted by Crippen LogP contribution is -2.08. The molecule has 3 rings (SSSR count). The van der Waals surface area contributed by atoms with Crippen molar-refractivity contribution in [3.8, 4) is 11.5 Å². The van der Waals surface area contributed by atoms with E-state index in [-0.39, 0.29) is 5.75 Å². The fourth-order valence-electron chi connectivity index (χ4n) is 2.13. The number of aromatic nitrogens is 1. The molecule has 0 saturated carbocycles. The van der Waals surface area contributed by atoms with Crippen LogP contribution >= 0.6 is 11.3 Å². The number of phenolic OH excluding ortho intramolecular Hbond substituents is 1. The third-order valence-corrected chi connectivity index (χ3v) is 4.41. The molecule has 0 saturated heterocycles. The van der Waals surface area contributed by atoms with Gasteiger partial charge in [0.15, 0.2) is 11.5 Å². The number of hydrogen-bond donors (Lipinski definition) is 1. The molecular weight excluding hydrogens is 298 g/mol. The van der Waals surface area contributed by atoms with Gasteiger partial charge in [-0.3, -0.25) is 0 Å². The molecule has 2 aromatic carbocycles. The summed E-state index contributed by atoms with van der Waals surface area (Å²) >= 11 is 1.57. The van der Waals surface area contributed by atoms with Crippen LogP contribution in [-0.2, 0) is 7.05 Å². The highest BCUT2D eigenvalue weighted by molar-refractivity contribution is 7.16. The van der Waals surface area contributed by atoms with Gasteiger partial charge < -0.3 is 14.4 Å². The van der Waals surface area contributed by atoms with Crippen LogP contribution in [0.25, 0.3) is 10.2 Å². The first kappa shape index (κ1) is 14.3. The van der Waals surface area contributed by atoms with E-state index in [4.69, 9.17) is 4.74 Å². The maximum Gasteiger partial charge on any atom is 0.211 e. The standard InChI is InChI=1S/C16H15N3O2S/c1-19-12-7-3-4-9-14(12)22-16(19)18-17-10-11-6-5-8-13(21-2)15(11)20/h3-10,20H,1-2H3/b17-10+,18-16+. The molecular formula is C16H15N3O2S. The van der Waals surface area contributed by atoms with Gasteiger partial charge in [0.2, 0.25) is 4.80 Å². The zero-order valence-electron chi connectivity index (χ0n) is 12.2. The average Bonchev–Trinajstić information content (AvgIpc) is 2.86. The van der Waals surface area contributed by atoms with Gasteiger partial charge in [0, 0.05) is 12.6 Å². The SMILES string of the molecule is COc1cccc(/C=N/N=c2/sc3ccccc3n2C)c1O. The Hall–Kier alpha value is -2.60. The van der Waals surface area contributed by atoms with Gasteiger partial charge in [-0.15, -0.1) is 5.10 Å². The molecule has 1 aromatic heterocycles. The van der Waals surface area contributed by atoms with E-state index in [1.54, 1.807) is 29.5 Å². The van der Waals surface area contributed by atoms with Gasteiger partial charge in [-0.05, 0) is 24.3 Å². The van der Waals surface area contributed by atoms with Crippen molar-refractivity contribution in [1.82, 2.24) is 4.57 Å².